The van der Waals surface area contributed by atoms with Crippen LogP contribution in [0.4, 0.5) is 0 Å². The maximum Gasteiger partial charge on any atom is 0.0658 e. The summed E-state index contributed by atoms with van der Waals surface area (Å²) in [6.45, 7) is 7.05. The van der Waals surface area contributed by atoms with Crippen LogP contribution in [-0.2, 0) is 0 Å². The summed E-state index contributed by atoms with van der Waals surface area (Å²) in [7, 11) is 0. The summed E-state index contributed by atoms with van der Waals surface area (Å²) in [4.78, 5) is 0. The van der Waals surface area contributed by atoms with Crippen LogP contribution in [-0.4, -0.2) is 22.4 Å². The van der Waals surface area contributed by atoms with E-state index in [1.54, 1.807) is 0 Å². The van der Waals surface area contributed by atoms with Crippen LogP contribution in [0.25, 0.3) is 0 Å². The van der Waals surface area contributed by atoms with Crippen molar-refractivity contribution in [1.29, 1.82) is 0 Å². The van der Waals surface area contributed by atoms with Crippen molar-refractivity contribution in [3.63, 3.8) is 0 Å². The highest BCUT2D eigenvalue weighted by Gasteiger charge is 2.69. The van der Waals surface area contributed by atoms with E-state index in [0.717, 1.165) is 31.1 Å². The van der Waals surface area contributed by atoms with Gasteiger partial charge in [-0.15, -0.1) is 0 Å². The Labute approximate surface area is 111 Å². The molecule has 3 aliphatic carbocycles. The highest BCUT2D eigenvalue weighted by molar-refractivity contribution is 5.18. The maximum atomic E-state index is 10.6. The van der Waals surface area contributed by atoms with Gasteiger partial charge in [-0.3, -0.25) is 0 Å². The van der Waals surface area contributed by atoms with E-state index in [2.05, 4.69) is 13.8 Å². The molecule has 0 bridgehead atoms. The van der Waals surface area contributed by atoms with Gasteiger partial charge in [-0.2, -0.15) is 0 Å². The van der Waals surface area contributed by atoms with Crippen molar-refractivity contribution in [3.05, 3.63) is 0 Å². The predicted molar refractivity (Wildman–Crippen MR) is 72.1 cm³/mol. The van der Waals surface area contributed by atoms with Crippen LogP contribution in [0.1, 0.15) is 59.3 Å². The molecular formula is C16H28O2. The molecule has 6 atom stereocenters. The Kier molecular flexibility index (Phi) is 2.68. The molecule has 104 valence electrons. The summed E-state index contributed by atoms with van der Waals surface area (Å²) >= 11 is 0. The Morgan fingerprint density at radius 1 is 1.22 bits per heavy atom. The number of hydrogen-bond acceptors (Lipinski definition) is 2. The molecule has 2 N–H and O–H groups in total. The van der Waals surface area contributed by atoms with Crippen molar-refractivity contribution in [2.45, 2.75) is 64.9 Å². The van der Waals surface area contributed by atoms with Gasteiger partial charge < -0.3 is 10.2 Å². The van der Waals surface area contributed by atoms with Gasteiger partial charge in [0.15, 0.2) is 0 Å². The third-order valence-electron chi connectivity index (χ3n) is 6.75. The third kappa shape index (κ3) is 1.54. The Balaban J connectivity index is 1.90. The van der Waals surface area contributed by atoms with Crippen molar-refractivity contribution >= 4 is 0 Å². The lowest BCUT2D eigenvalue weighted by atomic mass is 9.40. The molecule has 0 heterocycles. The Morgan fingerprint density at radius 3 is 2.56 bits per heavy atom. The lowest BCUT2D eigenvalue weighted by molar-refractivity contribution is -0.240. The van der Waals surface area contributed by atoms with E-state index in [9.17, 15) is 10.2 Å². The van der Waals surface area contributed by atoms with Crippen LogP contribution in [0.15, 0.2) is 0 Å². The van der Waals surface area contributed by atoms with E-state index < -0.39 is 5.60 Å². The van der Waals surface area contributed by atoms with Crippen molar-refractivity contribution in [1.82, 2.24) is 0 Å². The average molecular weight is 252 g/mol. The third-order valence-corrected chi connectivity index (χ3v) is 6.75. The average Bonchev–Trinajstić information content (AvgIpc) is 2.57. The van der Waals surface area contributed by atoms with Crippen LogP contribution in [0, 0.1) is 28.6 Å². The lowest BCUT2D eigenvalue weighted by Gasteiger charge is -2.67. The molecule has 2 nitrogen and oxygen atoms in total. The van der Waals surface area contributed by atoms with Crippen molar-refractivity contribution in [2.24, 2.45) is 28.6 Å². The van der Waals surface area contributed by atoms with Gasteiger partial charge in [0.25, 0.3) is 0 Å². The number of aliphatic hydroxyl groups is 2. The number of hydrogen-bond donors (Lipinski definition) is 2. The zero-order chi connectivity index (χ0) is 13.2. The molecule has 1 spiro atoms. The molecule has 0 unspecified atom stereocenters. The second-order valence-electron chi connectivity index (χ2n) is 8.13. The second-order valence-corrected chi connectivity index (χ2v) is 8.13. The first-order valence-electron chi connectivity index (χ1n) is 7.66. The summed E-state index contributed by atoms with van der Waals surface area (Å²) in [5, 5.41) is 19.9. The van der Waals surface area contributed by atoms with E-state index in [4.69, 9.17) is 0 Å². The molecule has 3 rings (SSSR count). The fourth-order valence-corrected chi connectivity index (χ4v) is 5.91. The van der Waals surface area contributed by atoms with Gasteiger partial charge in [-0.25, -0.2) is 0 Å². The standard InChI is InChI=1S/C16H28O2/c1-11-4-5-16-10-15(3,18)13(16)9-14(2,6-7-17)8-12(11)16/h11-13,17-18H,4-10H2,1-3H3/t11-,12+,13+,14-,15+,16+/m1/s1. The maximum absolute atomic E-state index is 10.6. The molecule has 0 amide bonds. The number of rotatable bonds is 2. The molecule has 0 aromatic heterocycles. The summed E-state index contributed by atoms with van der Waals surface area (Å²) < 4.78 is 0. The van der Waals surface area contributed by atoms with E-state index in [0.29, 0.717) is 17.9 Å². The minimum atomic E-state index is -0.445. The predicted octanol–water partition coefficient (Wildman–Crippen LogP) is 2.97. The lowest BCUT2D eigenvalue weighted by Crippen LogP contribution is -2.65. The Hall–Kier alpha value is -0.0800. The molecule has 3 saturated carbocycles. The van der Waals surface area contributed by atoms with E-state index in [1.807, 2.05) is 6.92 Å². The second kappa shape index (κ2) is 3.73. The molecular weight excluding hydrogens is 224 g/mol. The molecule has 3 fully saturated rings. The van der Waals surface area contributed by atoms with Crippen molar-refractivity contribution in [3.8, 4) is 0 Å². The van der Waals surface area contributed by atoms with Gasteiger partial charge in [-0.1, -0.05) is 13.8 Å². The molecule has 0 aliphatic heterocycles. The van der Waals surface area contributed by atoms with E-state index in [-0.39, 0.29) is 5.41 Å². The summed E-state index contributed by atoms with van der Waals surface area (Å²) in [6.07, 6.45) is 6.97. The monoisotopic (exact) mass is 252 g/mol. The molecule has 0 aromatic carbocycles. The molecule has 18 heavy (non-hydrogen) atoms. The van der Waals surface area contributed by atoms with Crippen LogP contribution >= 0.6 is 0 Å². The van der Waals surface area contributed by atoms with E-state index >= 15 is 0 Å². The first-order valence-corrected chi connectivity index (χ1v) is 7.66. The molecule has 3 aliphatic rings. The summed E-state index contributed by atoms with van der Waals surface area (Å²) in [5.74, 6) is 2.07. The van der Waals surface area contributed by atoms with Gasteiger partial charge in [0.1, 0.15) is 0 Å². The first-order chi connectivity index (χ1) is 8.33. The Bertz CT molecular complexity index is 351. The Morgan fingerprint density at radius 2 is 1.94 bits per heavy atom. The summed E-state index contributed by atoms with van der Waals surface area (Å²) in [6, 6.07) is 0. The van der Waals surface area contributed by atoms with Crippen LogP contribution < -0.4 is 0 Å². The molecule has 0 aromatic rings. The molecule has 0 radical (unpaired) electrons. The molecule has 0 saturated heterocycles. The largest absolute Gasteiger partial charge is 0.396 e. The highest BCUT2D eigenvalue weighted by atomic mass is 16.3. The van der Waals surface area contributed by atoms with Crippen molar-refractivity contribution in [2.75, 3.05) is 6.61 Å². The zero-order valence-corrected chi connectivity index (χ0v) is 12.1. The zero-order valence-electron chi connectivity index (χ0n) is 12.1. The normalized spacial score (nSPS) is 58.8. The smallest absolute Gasteiger partial charge is 0.0658 e. The first kappa shape index (κ1) is 12.9. The van der Waals surface area contributed by atoms with Crippen LogP contribution in [0.3, 0.4) is 0 Å². The topological polar surface area (TPSA) is 40.5 Å². The van der Waals surface area contributed by atoms with E-state index in [1.165, 1.54) is 19.3 Å². The minimum absolute atomic E-state index is 0.247. The quantitative estimate of drug-likeness (QED) is 0.793. The van der Waals surface area contributed by atoms with Gasteiger partial charge in [0.05, 0.1) is 5.60 Å². The van der Waals surface area contributed by atoms with Gasteiger partial charge in [0, 0.05) is 6.61 Å². The molecule has 2 heteroatoms. The van der Waals surface area contributed by atoms with Crippen LogP contribution in [0.5, 0.6) is 0 Å². The van der Waals surface area contributed by atoms with Gasteiger partial charge in [-0.05, 0) is 74.0 Å². The van der Waals surface area contributed by atoms with Crippen LogP contribution in [0.2, 0.25) is 0 Å². The van der Waals surface area contributed by atoms with Gasteiger partial charge in [0.2, 0.25) is 0 Å². The fraction of sp³-hybridized carbons (Fsp3) is 1.00. The van der Waals surface area contributed by atoms with Gasteiger partial charge >= 0.3 is 0 Å². The number of aliphatic hydroxyl groups excluding tert-OH is 1. The minimum Gasteiger partial charge on any atom is -0.396 e. The van der Waals surface area contributed by atoms with Crippen molar-refractivity contribution < 1.29 is 10.2 Å². The highest BCUT2D eigenvalue weighted by Crippen LogP contribution is 2.73. The fourth-order valence-electron chi connectivity index (χ4n) is 5.91. The summed E-state index contributed by atoms with van der Waals surface area (Å²) in [5.41, 5.74) is 0.258. The SMILES string of the molecule is C[C@@H]1CC[C@@]23C[C@](C)(O)[C@@H]2C[C@](C)(CCO)C[C@@H]13.